The molecule has 4 nitrogen and oxygen atoms in total. The van der Waals surface area contributed by atoms with E-state index in [1.54, 1.807) is 24.8 Å². The fraction of sp³-hybridized carbons (Fsp3) is 0. The second-order valence-corrected chi connectivity index (χ2v) is 5.22. The van der Waals surface area contributed by atoms with Crippen LogP contribution in [-0.2, 0) is 0 Å². The van der Waals surface area contributed by atoms with E-state index in [1.165, 1.54) is 0 Å². The molecule has 2 aromatic carbocycles. The van der Waals surface area contributed by atoms with Crippen LogP contribution in [0.1, 0.15) is 0 Å². The van der Waals surface area contributed by atoms with Crippen LogP contribution < -0.4 is 9.47 Å². The monoisotopic (exact) mass is 314 g/mol. The summed E-state index contributed by atoms with van der Waals surface area (Å²) >= 11 is 0. The van der Waals surface area contributed by atoms with Crippen molar-refractivity contribution >= 4 is 10.8 Å². The lowest BCUT2D eigenvalue weighted by molar-refractivity contribution is 0.480. The third-order valence-electron chi connectivity index (χ3n) is 3.54. The maximum Gasteiger partial charge on any atom is 0.145 e. The minimum absolute atomic E-state index is 0.708. The Morgan fingerprint density at radius 3 is 2.08 bits per heavy atom. The highest BCUT2D eigenvalue weighted by Crippen LogP contribution is 2.32. The molecule has 24 heavy (non-hydrogen) atoms. The average Bonchev–Trinajstić information content (AvgIpc) is 2.63. The van der Waals surface area contributed by atoms with Gasteiger partial charge in [-0.1, -0.05) is 12.1 Å². The van der Waals surface area contributed by atoms with E-state index in [0.29, 0.717) is 11.5 Å². The summed E-state index contributed by atoms with van der Waals surface area (Å²) in [6.07, 6.45) is 6.82. The van der Waals surface area contributed by atoms with Gasteiger partial charge < -0.3 is 9.47 Å². The van der Waals surface area contributed by atoms with E-state index in [0.717, 1.165) is 22.3 Å². The third kappa shape index (κ3) is 3.03. The number of ether oxygens (including phenoxy) is 2. The fourth-order valence-corrected chi connectivity index (χ4v) is 2.46. The van der Waals surface area contributed by atoms with Gasteiger partial charge in [-0.05, 0) is 53.9 Å². The molecule has 4 aromatic rings. The zero-order valence-electron chi connectivity index (χ0n) is 12.8. The summed E-state index contributed by atoms with van der Waals surface area (Å²) in [5.41, 5.74) is 0. The normalized spacial score (nSPS) is 10.5. The van der Waals surface area contributed by atoms with E-state index in [9.17, 15) is 0 Å². The molecule has 4 heteroatoms. The number of rotatable bonds is 4. The Morgan fingerprint density at radius 1 is 0.625 bits per heavy atom. The molecular formula is C20H14N2O2. The van der Waals surface area contributed by atoms with Crippen LogP contribution in [0.25, 0.3) is 10.8 Å². The number of aromatic nitrogens is 2. The van der Waals surface area contributed by atoms with Crippen molar-refractivity contribution in [1.82, 2.24) is 9.97 Å². The van der Waals surface area contributed by atoms with Crippen LogP contribution in [-0.4, -0.2) is 9.97 Å². The van der Waals surface area contributed by atoms with Crippen LogP contribution >= 0.6 is 0 Å². The predicted octanol–water partition coefficient (Wildman–Crippen LogP) is 5.21. The first-order valence-electron chi connectivity index (χ1n) is 7.57. The van der Waals surface area contributed by atoms with Crippen molar-refractivity contribution in [3.63, 3.8) is 0 Å². The molecular weight excluding hydrogens is 300 g/mol. The van der Waals surface area contributed by atoms with Crippen LogP contribution in [0.5, 0.6) is 23.0 Å². The largest absolute Gasteiger partial charge is 0.456 e. The Morgan fingerprint density at radius 2 is 1.38 bits per heavy atom. The van der Waals surface area contributed by atoms with Crippen molar-refractivity contribution in [3.8, 4) is 23.0 Å². The Bertz CT molecular complexity index is 957. The molecule has 0 bridgehead atoms. The van der Waals surface area contributed by atoms with Gasteiger partial charge in [-0.3, -0.25) is 9.97 Å². The maximum absolute atomic E-state index is 5.94. The second-order valence-electron chi connectivity index (χ2n) is 5.22. The molecule has 0 aliphatic rings. The molecule has 0 atom stereocenters. The topological polar surface area (TPSA) is 44.2 Å². The molecule has 0 unspecified atom stereocenters. The third-order valence-corrected chi connectivity index (χ3v) is 3.54. The zero-order valence-corrected chi connectivity index (χ0v) is 12.8. The van der Waals surface area contributed by atoms with Gasteiger partial charge in [0.25, 0.3) is 0 Å². The predicted molar refractivity (Wildman–Crippen MR) is 92.6 cm³/mol. The SMILES string of the molecule is c1cncc(Oc2ccc3c(Oc4cccnc4)cccc3c2)c1. The minimum atomic E-state index is 0.708. The van der Waals surface area contributed by atoms with Crippen molar-refractivity contribution in [2.24, 2.45) is 0 Å². The van der Waals surface area contributed by atoms with Gasteiger partial charge in [-0.25, -0.2) is 0 Å². The molecule has 2 aromatic heterocycles. The van der Waals surface area contributed by atoms with E-state index >= 15 is 0 Å². The average molecular weight is 314 g/mol. The Kier molecular flexibility index (Phi) is 3.78. The molecule has 0 amide bonds. The van der Waals surface area contributed by atoms with Crippen LogP contribution in [0.2, 0.25) is 0 Å². The highest BCUT2D eigenvalue weighted by atomic mass is 16.5. The van der Waals surface area contributed by atoms with Gasteiger partial charge in [0, 0.05) is 17.8 Å². The summed E-state index contributed by atoms with van der Waals surface area (Å²) < 4.78 is 11.8. The van der Waals surface area contributed by atoms with Gasteiger partial charge in [0.05, 0.1) is 12.4 Å². The lowest BCUT2D eigenvalue weighted by atomic mass is 10.1. The van der Waals surface area contributed by atoms with Gasteiger partial charge in [-0.2, -0.15) is 0 Å². The maximum atomic E-state index is 5.94. The molecule has 4 rings (SSSR count). The first kappa shape index (κ1) is 14.2. The standard InChI is InChI=1S/C20H14N2O2/c1-4-15-12-16(23-17-5-2-10-21-13-17)8-9-19(15)20(7-1)24-18-6-3-11-22-14-18/h1-14H. The minimum Gasteiger partial charge on any atom is -0.456 e. The molecule has 116 valence electrons. The number of fused-ring (bicyclic) bond motifs is 1. The van der Waals surface area contributed by atoms with Gasteiger partial charge in [0.2, 0.25) is 0 Å². The molecule has 2 heterocycles. The smallest absolute Gasteiger partial charge is 0.145 e. The number of hydrogen-bond donors (Lipinski definition) is 0. The van der Waals surface area contributed by atoms with Crippen molar-refractivity contribution in [2.75, 3.05) is 0 Å². The van der Waals surface area contributed by atoms with Gasteiger partial charge in [-0.15, -0.1) is 0 Å². The van der Waals surface area contributed by atoms with E-state index in [1.807, 2.05) is 60.7 Å². The molecule has 0 saturated carbocycles. The summed E-state index contributed by atoms with van der Waals surface area (Å²) in [4.78, 5) is 8.12. The van der Waals surface area contributed by atoms with Crippen molar-refractivity contribution < 1.29 is 9.47 Å². The molecule has 0 saturated heterocycles. The molecule has 0 spiro atoms. The van der Waals surface area contributed by atoms with Gasteiger partial charge in [0.15, 0.2) is 0 Å². The van der Waals surface area contributed by atoms with Crippen molar-refractivity contribution in [1.29, 1.82) is 0 Å². The summed E-state index contributed by atoms with van der Waals surface area (Å²) in [5, 5.41) is 2.05. The van der Waals surface area contributed by atoms with Crippen LogP contribution in [0.3, 0.4) is 0 Å². The molecule has 0 N–H and O–H groups in total. The summed E-state index contributed by atoms with van der Waals surface area (Å²) in [6, 6.07) is 19.3. The zero-order chi connectivity index (χ0) is 16.2. The number of nitrogens with zero attached hydrogens (tertiary/aromatic N) is 2. The molecule has 0 fully saturated rings. The number of pyridine rings is 2. The molecule has 0 aliphatic heterocycles. The van der Waals surface area contributed by atoms with Gasteiger partial charge in [0.1, 0.15) is 23.0 Å². The van der Waals surface area contributed by atoms with E-state index in [-0.39, 0.29) is 0 Å². The Hall–Kier alpha value is -3.40. The number of benzene rings is 2. The van der Waals surface area contributed by atoms with E-state index in [2.05, 4.69) is 9.97 Å². The van der Waals surface area contributed by atoms with Crippen LogP contribution in [0.15, 0.2) is 85.5 Å². The first-order valence-corrected chi connectivity index (χ1v) is 7.57. The molecule has 0 aliphatic carbocycles. The van der Waals surface area contributed by atoms with E-state index in [4.69, 9.17) is 9.47 Å². The lowest BCUT2D eigenvalue weighted by Crippen LogP contribution is -1.88. The first-order chi connectivity index (χ1) is 11.9. The van der Waals surface area contributed by atoms with Crippen LogP contribution in [0.4, 0.5) is 0 Å². The Balaban J connectivity index is 1.66. The second kappa shape index (κ2) is 6.38. The van der Waals surface area contributed by atoms with Crippen molar-refractivity contribution in [2.45, 2.75) is 0 Å². The fourth-order valence-electron chi connectivity index (χ4n) is 2.46. The molecule has 0 radical (unpaired) electrons. The Labute approximate surface area is 139 Å². The van der Waals surface area contributed by atoms with Gasteiger partial charge >= 0.3 is 0 Å². The van der Waals surface area contributed by atoms with E-state index < -0.39 is 0 Å². The summed E-state index contributed by atoms with van der Waals surface area (Å²) in [7, 11) is 0. The highest BCUT2D eigenvalue weighted by Gasteiger charge is 2.06. The van der Waals surface area contributed by atoms with Crippen molar-refractivity contribution in [3.05, 3.63) is 85.5 Å². The highest BCUT2D eigenvalue weighted by molar-refractivity contribution is 5.89. The summed E-state index contributed by atoms with van der Waals surface area (Å²) in [6.45, 7) is 0. The summed E-state index contributed by atoms with van der Waals surface area (Å²) in [5.74, 6) is 2.96. The lowest BCUT2D eigenvalue weighted by Gasteiger charge is -2.10. The quantitative estimate of drug-likeness (QED) is 0.518. The number of hydrogen-bond acceptors (Lipinski definition) is 4. The van der Waals surface area contributed by atoms with Crippen LogP contribution in [0, 0.1) is 0 Å².